The lowest BCUT2D eigenvalue weighted by Gasteiger charge is -2.09. The van der Waals surface area contributed by atoms with Gasteiger partial charge < -0.3 is 14.5 Å². The van der Waals surface area contributed by atoms with Crippen LogP contribution in [0.25, 0.3) is 21.9 Å². The number of ketones is 1. The summed E-state index contributed by atoms with van der Waals surface area (Å²) >= 11 is 12.5. The van der Waals surface area contributed by atoms with Crippen molar-refractivity contribution >= 4 is 56.8 Å². The van der Waals surface area contributed by atoms with Gasteiger partial charge in [-0.25, -0.2) is 0 Å². The van der Waals surface area contributed by atoms with Gasteiger partial charge in [-0.1, -0.05) is 47.5 Å². The number of para-hydroxylation sites is 2. The minimum absolute atomic E-state index is 0.00484. The van der Waals surface area contributed by atoms with E-state index in [0.717, 1.165) is 5.39 Å². The summed E-state index contributed by atoms with van der Waals surface area (Å²) in [6.07, 6.45) is 2.23. The highest BCUT2D eigenvalue weighted by molar-refractivity contribution is 6.35. The van der Waals surface area contributed by atoms with E-state index in [4.69, 9.17) is 28.6 Å². The van der Waals surface area contributed by atoms with Gasteiger partial charge in [-0.15, -0.1) is 0 Å². The van der Waals surface area contributed by atoms with Crippen molar-refractivity contribution in [3.05, 3.63) is 106 Å². The second-order valence-corrected chi connectivity index (χ2v) is 9.43. The number of aryl methyl sites for hydroxylation is 1. The molecule has 37 heavy (non-hydrogen) atoms. The number of fused-ring (bicyclic) bond motifs is 2. The summed E-state index contributed by atoms with van der Waals surface area (Å²) in [5.74, 6) is -0.334. The molecule has 5 aromatic rings. The van der Waals surface area contributed by atoms with Crippen molar-refractivity contribution in [1.82, 2.24) is 19.4 Å². The van der Waals surface area contributed by atoms with E-state index >= 15 is 0 Å². The number of Topliss-reactive ketones (excluding diaryl/α,β-unsaturated/α-hetero) is 1. The van der Waals surface area contributed by atoms with Crippen LogP contribution in [0.15, 0.2) is 79.0 Å². The van der Waals surface area contributed by atoms with Crippen LogP contribution in [0.3, 0.4) is 0 Å². The highest BCUT2D eigenvalue weighted by atomic mass is 35.5. The quantitative estimate of drug-likeness (QED) is 0.205. The van der Waals surface area contributed by atoms with Crippen molar-refractivity contribution < 1.29 is 9.59 Å². The SMILES string of the molecule is N=c1n(CC(=O)c2ccc(Cl)cc2)c2cccc(Cl)c2n1CCCNC(=O)c1cccc2cccnc12. The molecule has 0 spiro atoms. The minimum atomic E-state index is -0.200. The van der Waals surface area contributed by atoms with Crippen molar-refractivity contribution in [2.24, 2.45) is 0 Å². The summed E-state index contributed by atoms with van der Waals surface area (Å²) in [5.41, 5.74) is 3.24. The zero-order chi connectivity index (χ0) is 25.9. The molecule has 186 valence electrons. The molecule has 0 fully saturated rings. The second kappa shape index (κ2) is 10.6. The molecule has 2 aromatic heterocycles. The molecule has 5 rings (SSSR count). The Balaban J connectivity index is 1.33. The number of imidazole rings is 1. The van der Waals surface area contributed by atoms with E-state index in [9.17, 15) is 9.59 Å². The van der Waals surface area contributed by atoms with Crippen molar-refractivity contribution in [2.45, 2.75) is 19.5 Å². The van der Waals surface area contributed by atoms with E-state index in [1.165, 1.54) is 0 Å². The van der Waals surface area contributed by atoms with Gasteiger partial charge in [0, 0.05) is 35.3 Å². The van der Waals surface area contributed by atoms with Crippen LogP contribution in [0.2, 0.25) is 10.0 Å². The van der Waals surface area contributed by atoms with Gasteiger partial charge in [-0.2, -0.15) is 0 Å². The number of aromatic nitrogens is 3. The first kappa shape index (κ1) is 24.7. The van der Waals surface area contributed by atoms with Gasteiger partial charge in [0.05, 0.1) is 33.7 Å². The number of pyridine rings is 1. The van der Waals surface area contributed by atoms with Crippen LogP contribution in [-0.4, -0.2) is 32.4 Å². The van der Waals surface area contributed by atoms with E-state index in [2.05, 4.69) is 10.3 Å². The fraction of sp³-hybridized carbons (Fsp3) is 0.143. The molecular formula is C28H23Cl2N5O2. The Morgan fingerprint density at radius 3 is 2.49 bits per heavy atom. The van der Waals surface area contributed by atoms with Gasteiger partial charge in [0.25, 0.3) is 5.91 Å². The van der Waals surface area contributed by atoms with E-state index < -0.39 is 0 Å². The third-order valence-electron chi connectivity index (χ3n) is 6.23. The summed E-state index contributed by atoms with van der Waals surface area (Å²) < 4.78 is 3.43. The van der Waals surface area contributed by atoms with Crippen LogP contribution in [0.1, 0.15) is 27.1 Å². The monoisotopic (exact) mass is 531 g/mol. The third kappa shape index (κ3) is 5.01. The fourth-order valence-electron chi connectivity index (χ4n) is 4.42. The third-order valence-corrected chi connectivity index (χ3v) is 6.78. The van der Waals surface area contributed by atoms with Gasteiger partial charge in [-0.3, -0.25) is 20.0 Å². The van der Waals surface area contributed by atoms with Gasteiger partial charge in [0.1, 0.15) is 0 Å². The predicted molar refractivity (Wildman–Crippen MR) is 145 cm³/mol. The summed E-state index contributed by atoms with van der Waals surface area (Å²) in [7, 11) is 0. The van der Waals surface area contributed by atoms with E-state index in [1.807, 2.05) is 30.3 Å². The molecule has 0 unspecified atom stereocenters. The van der Waals surface area contributed by atoms with E-state index in [-0.39, 0.29) is 23.9 Å². The van der Waals surface area contributed by atoms with Gasteiger partial charge in [-0.05, 0) is 55.0 Å². The van der Waals surface area contributed by atoms with Gasteiger partial charge in [0.2, 0.25) is 5.62 Å². The lowest BCUT2D eigenvalue weighted by molar-refractivity contribution is 0.0950. The highest BCUT2D eigenvalue weighted by Crippen LogP contribution is 2.23. The van der Waals surface area contributed by atoms with Gasteiger partial charge >= 0.3 is 0 Å². The number of rotatable bonds is 8. The molecule has 3 aromatic carbocycles. The molecule has 0 aliphatic rings. The lowest BCUT2D eigenvalue weighted by Crippen LogP contribution is -2.29. The largest absolute Gasteiger partial charge is 0.352 e. The Morgan fingerprint density at radius 2 is 1.68 bits per heavy atom. The Hall–Kier alpha value is -3.94. The Bertz CT molecular complexity index is 1680. The molecule has 0 aliphatic heterocycles. The van der Waals surface area contributed by atoms with E-state index in [1.54, 1.807) is 57.8 Å². The molecule has 2 heterocycles. The predicted octanol–water partition coefficient (Wildman–Crippen LogP) is 5.48. The topological polar surface area (TPSA) is 92.8 Å². The second-order valence-electron chi connectivity index (χ2n) is 8.59. The average Bonchev–Trinajstić information content (AvgIpc) is 3.18. The number of carbonyl (C=O) groups is 2. The molecule has 2 N–H and O–H groups in total. The lowest BCUT2D eigenvalue weighted by atomic mass is 10.1. The summed E-state index contributed by atoms with van der Waals surface area (Å²) in [6, 6.07) is 21.4. The van der Waals surface area contributed by atoms with Crippen LogP contribution in [0, 0.1) is 5.41 Å². The maximum atomic E-state index is 12.9. The van der Waals surface area contributed by atoms with Crippen LogP contribution < -0.4 is 10.9 Å². The first-order valence-corrected chi connectivity index (χ1v) is 12.5. The number of carbonyl (C=O) groups excluding carboxylic acids is 2. The number of nitrogens with zero attached hydrogens (tertiary/aromatic N) is 3. The number of amides is 1. The number of halogens is 2. The van der Waals surface area contributed by atoms with Crippen molar-refractivity contribution in [1.29, 1.82) is 5.41 Å². The molecule has 0 atom stereocenters. The highest BCUT2D eigenvalue weighted by Gasteiger charge is 2.17. The molecule has 0 bridgehead atoms. The Labute approximate surface area is 222 Å². The van der Waals surface area contributed by atoms with Crippen molar-refractivity contribution in [3.63, 3.8) is 0 Å². The van der Waals surface area contributed by atoms with Crippen LogP contribution >= 0.6 is 23.2 Å². The van der Waals surface area contributed by atoms with Crippen LogP contribution in [0.4, 0.5) is 0 Å². The number of benzene rings is 3. The zero-order valence-electron chi connectivity index (χ0n) is 19.7. The number of hydrogen-bond donors (Lipinski definition) is 2. The van der Waals surface area contributed by atoms with Crippen molar-refractivity contribution in [2.75, 3.05) is 6.54 Å². The smallest absolute Gasteiger partial charge is 0.253 e. The van der Waals surface area contributed by atoms with E-state index in [0.29, 0.717) is 57.2 Å². The zero-order valence-corrected chi connectivity index (χ0v) is 21.3. The molecule has 0 saturated carbocycles. The first-order valence-electron chi connectivity index (χ1n) is 11.8. The Kier molecular flexibility index (Phi) is 7.08. The fourth-order valence-corrected chi connectivity index (χ4v) is 4.82. The Morgan fingerprint density at radius 1 is 0.919 bits per heavy atom. The average molecular weight is 532 g/mol. The number of nitrogens with one attached hydrogen (secondary N) is 2. The molecule has 0 radical (unpaired) electrons. The summed E-state index contributed by atoms with van der Waals surface area (Å²) in [5, 5.41) is 13.7. The molecule has 0 saturated heterocycles. The summed E-state index contributed by atoms with van der Waals surface area (Å²) in [4.78, 5) is 30.1. The molecular weight excluding hydrogens is 509 g/mol. The molecule has 0 aliphatic carbocycles. The maximum Gasteiger partial charge on any atom is 0.253 e. The minimum Gasteiger partial charge on any atom is -0.352 e. The molecule has 7 nitrogen and oxygen atoms in total. The normalized spacial score (nSPS) is 11.2. The van der Waals surface area contributed by atoms with Crippen LogP contribution in [-0.2, 0) is 13.1 Å². The van der Waals surface area contributed by atoms with Gasteiger partial charge in [0.15, 0.2) is 5.78 Å². The summed E-state index contributed by atoms with van der Waals surface area (Å²) in [6.45, 7) is 0.833. The molecule has 1 amide bonds. The number of hydrogen-bond acceptors (Lipinski definition) is 4. The molecule has 9 heteroatoms. The standard InChI is InChI=1S/C28H23Cl2N5O2/c29-20-12-10-18(11-13-20)24(36)17-35-23-9-2-8-22(30)26(23)34(28(35)31)16-4-15-33-27(37)21-7-1-5-19-6-3-14-32-25(19)21/h1-3,5-14,31H,4,15-17H2,(H,33,37). The van der Waals surface area contributed by atoms with Crippen LogP contribution in [0.5, 0.6) is 0 Å². The first-order chi connectivity index (χ1) is 17.9. The van der Waals surface area contributed by atoms with Crippen molar-refractivity contribution in [3.8, 4) is 0 Å². The maximum absolute atomic E-state index is 12.9.